The lowest BCUT2D eigenvalue weighted by Crippen LogP contribution is -2.16. The third-order valence-electron chi connectivity index (χ3n) is 3.91. The summed E-state index contributed by atoms with van der Waals surface area (Å²) in [5.41, 5.74) is 1.20. The molecule has 1 unspecified atom stereocenters. The van der Waals surface area contributed by atoms with Gasteiger partial charge in [0.25, 0.3) is 0 Å². The molecule has 0 saturated carbocycles. The fraction of sp³-hybridized carbons (Fsp3) is 0.556. The van der Waals surface area contributed by atoms with E-state index in [9.17, 15) is 8.78 Å². The molecule has 1 aromatic carbocycles. The minimum absolute atomic E-state index is 0.0269. The summed E-state index contributed by atoms with van der Waals surface area (Å²) in [6.45, 7) is 4.96. The first-order valence-electron chi connectivity index (χ1n) is 8.09. The van der Waals surface area contributed by atoms with Gasteiger partial charge >= 0.3 is 0 Å². The van der Waals surface area contributed by atoms with E-state index in [2.05, 4.69) is 6.92 Å². The molecule has 4 heteroatoms. The van der Waals surface area contributed by atoms with Crippen LogP contribution in [0.4, 0.5) is 8.78 Å². The standard InChI is InChI=1S/C18H24F2O2/c1-3-5-12-22-14-8-6-13(7-9-14)15-10-11-16(21-4-2)18(20)17(15)19/h6,10-11,14H,3-5,7-9,12H2,1-2H3. The summed E-state index contributed by atoms with van der Waals surface area (Å²) >= 11 is 0. The van der Waals surface area contributed by atoms with E-state index in [0.717, 1.165) is 37.9 Å². The molecular weight excluding hydrogens is 286 g/mol. The smallest absolute Gasteiger partial charge is 0.201 e. The summed E-state index contributed by atoms with van der Waals surface area (Å²) in [6, 6.07) is 3.11. The van der Waals surface area contributed by atoms with Gasteiger partial charge < -0.3 is 9.47 Å². The predicted octanol–water partition coefficient (Wildman–Crippen LogP) is 5.12. The van der Waals surface area contributed by atoms with E-state index in [1.165, 1.54) is 6.07 Å². The van der Waals surface area contributed by atoms with E-state index in [1.54, 1.807) is 13.0 Å². The van der Waals surface area contributed by atoms with Gasteiger partial charge in [-0.05, 0) is 50.3 Å². The van der Waals surface area contributed by atoms with E-state index < -0.39 is 11.6 Å². The maximum Gasteiger partial charge on any atom is 0.201 e. The highest BCUT2D eigenvalue weighted by molar-refractivity contribution is 5.67. The van der Waals surface area contributed by atoms with Crippen LogP contribution in [0.2, 0.25) is 0 Å². The second-order valence-electron chi connectivity index (χ2n) is 5.52. The molecule has 0 spiro atoms. The molecule has 1 aliphatic carbocycles. The largest absolute Gasteiger partial charge is 0.491 e. The molecule has 0 radical (unpaired) electrons. The summed E-state index contributed by atoms with van der Waals surface area (Å²) in [7, 11) is 0. The molecule has 0 amide bonds. The zero-order chi connectivity index (χ0) is 15.9. The lowest BCUT2D eigenvalue weighted by molar-refractivity contribution is 0.0466. The van der Waals surface area contributed by atoms with Crippen molar-refractivity contribution in [3.63, 3.8) is 0 Å². The average molecular weight is 310 g/mol. The summed E-state index contributed by atoms with van der Waals surface area (Å²) in [5.74, 6) is -1.75. The van der Waals surface area contributed by atoms with Gasteiger partial charge in [0.2, 0.25) is 5.82 Å². The van der Waals surface area contributed by atoms with E-state index in [4.69, 9.17) is 9.47 Å². The molecule has 1 aliphatic rings. The Hall–Kier alpha value is -1.42. The van der Waals surface area contributed by atoms with Crippen molar-refractivity contribution >= 4 is 5.57 Å². The Balaban J connectivity index is 2.05. The van der Waals surface area contributed by atoms with Crippen molar-refractivity contribution in [2.75, 3.05) is 13.2 Å². The molecule has 1 aromatic rings. The maximum absolute atomic E-state index is 14.2. The SMILES string of the molecule is CCCCOC1CC=C(c2ccc(OCC)c(F)c2F)CC1. The van der Waals surface area contributed by atoms with Gasteiger partial charge in [-0.25, -0.2) is 4.39 Å². The highest BCUT2D eigenvalue weighted by atomic mass is 19.2. The van der Waals surface area contributed by atoms with Crippen LogP contribution in [-0.4, -0.2) is 19.3 Å². The highest BCUT2D eigenvalue weighted by Gasteiger charge is 2.21. The molecule has 0 bridgehead atoms. The van der Waals surface area contributed by atoms with Crippen LogP contribution in [0.1, 0.15) is 51.5 Å². The Bertz CT molecular complexity index is 526. The fourth-order valence-corrected chi connectivity index (χ4v) is 2.65. The van der Waals surface area contributed by atoms with Crippen LogP contribution < -0.4 is 4.74 Å². The number of hydrogen-bond acceptors (Lipinski definition) is 2. The average Bonchev–Trinajstić information content (AvgIpc) is 2.53. The number of benzene rings is 1. The van der Waals surface area contributed by atoms with Crippen molar-refractivity contribution in [3.8, 4) is 5.75 Å². The van der Waals surface area contributed by atoms with Gasteiger partial charge in [0.15, 0.2) is 11.6 Å². The van der Waals surface area contributed by atoms with Gasteiger partial charge in [-0.15, -0.1) is 0 Å². The first-order valence-corrected chi connectivity index (χ1v) is 8.09. The Morgan fingerprint density at radius 1 is 1.18 bits per heavy atom. The Labute approximate surface area is 131 Å². The normalized spacial score (nSPS) is 18.2. The molecule has 0 fully saturated rings. The van der Waals surface area contributed by atoms with Crippen LogP contribution in [0, 0.1) is 11.6 Å². The van der Waals surface area contributed by atoms with Gasteiger partial charge in [0.05, 0.1) is 12.7 Å². The first kappa shape index (κ1) is 16.9. The molecule has 2 nitrogen and oxygen atoms in total. The lowest BCUT2D eigenvalue weighted by Gasteiger charge is -2.23. The van der Waals surface area contributed by atoms with Gasteiger partial charge in [-0.2, -0.15) is 4.39 Å². The quantitative estimate of drug-likeness (QED) is 0.651. The molecule has 0 N–H and O–H groups in total. The molecule has 1 atom stereocenters. The molecule has 0 aromatic heterocycles. The van der Waals surface area contributed by atoms with Crippen molar-refractivity contribution in [1.29, 1.82) is 0 Å². The molecule has 2 rings (SSSR count). The minimum Gasteiger partial charge on any atom is -0.491 e. The highest BCUT2D eigenvalue weighted by Crippen LogP contribution is 2.33. The van der Waals surface area contributed by atoms with Gasteiger partial charge in [0.1, 0.15) is 0 Å². The van der Waals surface area contributed by atoms with Gasteiger partial charge in [-0.3, -0.25) is 0 Å². The van der Waals surface area contributed by atoms with E-state index in [-0.39, 0.29) is 11.9 Å². The van der Waals surface area contributed by atoms with Crippen molar-refractivity contribution in [3.05, 3.63) is 35.4 Å². The topological polar surface area (TPSA) is 18.5 Å². The fourth-order valence-electron chi connectivity index (χ4n) is 2.65. The maximum atomic E-state index is 14.2. The summed E-state index contributed by atoms with van der Waals surface area (Å²) in [4.78, 5) is 0. The number of hydrogen-bond donors (Lipinski definition) is 0. The molecule has 122 valence electrons. The molecule has 0 aliphatic heterocycles. The van der Waals surface area contributed by atoms with Crippen molar-refractivity contribution in [2.24, 2.45) is 0 Å². The summed E-state index contributed by atoms with van der Waals surface area (Å²) in [6.07, 6.45) is 6.67. The van der Waals surface area contributed by atoms with E-state index in [0.29, 0.717) is 18.6 Å². The molecule has 0 heterocycles. The number of rotatable bonds is 7. The molecule has 22 heavy (non-hydrogen) atoms. The second kappa shape index (κ2) is 8.28. The van der Waals surface area contributed by atoms with E-state index >= 15 is 0 Å². The zero-order valence-corrected chi connectivity index (χ0v) is 13.3. The van der Waals surface area contributed by atoms with Crippen LogP contribution in [0.5, 0.6) is 5.75 Å². The third-order valence-corrected chi connectivity index (χ3v) is 3.91. The Morgan fingerprint density at radius 3 is 2.64 bits per heavy atom. The van der Waals surface area contributed by atoms with Gasteiger partial charge in [0, 0.05) is 12.2 Å². The number of allylic oxidation sites excluding steroid dienone is 1. The van der Waals surface area contributed by atoms with Crippen LogP contribution in [0.3, 0.4) is 0 Å². The van der Waals surface area contributed by atoms with Crippen molar-refractivity contribution in [2.45, 2.75) is 52.1 Å². The van der Waals surface area contributed by atoms with Crippen LogP contribution >= 0.6 is 0 Å². The summed E-state index contributed by atoms with van der Waals surface area (Å²) in [5, 5.41) is 0. The van der Waals surface area contributed by atoms with Crippen LogP contribution in [0.15, 0.2) is 18.2 Å². The van der Waals surface area contributed by atoms with Crippen LogP contribution in [0.25, 0.3) is 5.57 Å². The van der Waals surface area contributed by atoms with Crippen LogP contribution in [-0.2, 0) is 4.74 Å². The van der Waals surface area contributed by atoms with E-state index in [1.807, 2.05) is 6.08 Å². The Kier molecular flexibility index (Phi) is 6.37. The third kappa shape index (κ3) is 4.07. The zero-order valence-electron chi connectivity index (χ0n) is 13.3. The minimum atomic E-state index is -0.901. The lowest BCUT2D eigenvalue weighted by atomic mass is 9.91. The summed E-state index contributed by atoms with van der Waals surface area (Å²) < 4.78 is 39.0. The number of halogens is 2. The van der Waals surface area contributed by atoms with Gasteiger partial charge in [-0.1, -0.05) is 19.4 Å². The second-order valence-corrected chi connectivity index (χ2v) is 5.52. The molecular formula is C18H24F2O2. The molecule has 0 saturated heterocycles. The Morgan fingerprint density at radius 2 is 2.00 bits per heavy atom. The number of unbranched alkanes of at least 4 members (excludes halogenated alkanes) is 1. The number of ether oxygens (including phenoxy) is 2. The first-order chi connectivity index (χ1) is 10.7. The van der Waals surface area contributed by atoms with Crippen molar-refractivity contribution in [1.82, 2.24) is 0 Å². The van der Waals surface area contributed by atoms with Crippen molar-refractivity contribution < 1.29 is 18.3 Å². The predicted molar refractivity (Wildman–Crippen MR) is 84.0 cm³/mol. The monoisotopic (exact) mass is 310 g/mol.